The summed E-state index contributed by atoms with van der Waals surface area (Å²) in [4.78, 5) is 11.9. The predicted molar refractivity (Wildman–Crippen MR) is 80.8 cm³/mol. The second kappa shape index (κ2) is 7.87. The molecule has 0 aliphatic rings. The summed E-state index contributed by atoms with van der Waals surface area (Å²) in [5.74, 6) is -0.0228. The van der Waals surface area contributed by atoms with Crippen molar-refractivity contribution in [1.82, 2.24) is 0 Å². The fourth-order valence-corrected chi connectivity index (χ4v) is 1.70. The van der Waals surface area contributed by atoms with Crippen LogP contribution in [0.25, 0.3) is 0 Å². The smallest absolute Gasteiger partial charge is 0.227 e. The van der Waals surface area contributed by atoms with Crippen LogP contribution >= 0.6 is 0 Å². The highest BCUT2D eigenvalue weighted by Crippen LogP contribution is 2.24. The van der Waals surface area contributed by atoms with Gasteiger partial charge in [0.2, 0.25) is 5.91 Å². The van der Waals surface area contributed by atoms with Gasteiger partial charge < -0.3 is 20.8 Å². The van der Waals surface area contributed by atoms with Crippen molar-refractivity contribution in [2.45, 2.75) is 33.3 Å². The standard InChI is InChI=1S/C15H24N2O3/c1-4-10(2)15(20)17-14-7-5-6-13(11(14)3)16-8-12(19)9-18/h5-7,10,12,16,18-19H,4,8-9H2,1-3H3,(H,17,20). The Morgan fingerprint density at radius 1 is 1.35 bits per heavy atom. The van der Waals surface area contributed by atoms with E-state index in [0.29, 0.717) is 0 Å². The Labute approximate surface area is 120 Å². The zero-order chi connectivity index (χ0) is 15.1. The van der Waals surface area contributed by atoms with Crippen molar-refractivity contribution in [2.75, 3.05) is 23.8 Å². The summed E-state index contributed by atoms with van der Waals surface area (Å²) >= 11 is 0. The second-order valence-corrected chi connectivity index (χ2v) is 4.99. The fraction of sp³-hybridized carbons (Fsp3) is 0.533. The minimum atomic E-state index is -0.798. The molecule has 0 saturated carbocycles. The zero-order valence-electron chi connectivity index (χ0n) is 12.3. The molecule has 4 N–H and O–H groups in total. The molecule has 2 atom stereocenters. The first-order valence-electron chi connectivity index (χ1n) is 6.92. The van der Waals surface area contributed by atoms with E-state index >= 15 is 0 Å². The molecule has 0 heterocycles. The van der Waals surface area contributed by atoms with Crippen LogP contribution in [0.5, 0.6) is 0 Å². The van der Waals surface area contributed by atoms with Crippen LogP contribution in [-0.4, -0.2) is 35.4 Å². The molecule has 1 aromatic rings. The fourth-order valence-electron chi connectivity index (χ4n) is 1.70. The third-order valence-corrected chi connectivity index (χ3v) is 3.39. The van der Waals surface area contributed by atoms with Crippen molar-refractivity contribution in [1.29, 1.82) is 0 Å². The van der Waals surface area contributed by atoms with E-state index in [4.69, 9.17) is 5.11 Å². The van der Waals surface area contributed by atoms with Crippen LogP contribution in [0, 0.1) is 12.8 Å². The van der Waals surface area contributed by atoms with Crippen LogP contribution < -0.4 is 10.6 Å². The number of hydrogen-bond donors (Lipinski definition) is 4. The van der Waals surface area contributed by atoms with Gasteiger partial charge in [-0.2, -0.15) is 0 Å². The summed E-state index contributed by atoms with van der Waals surface area (Å²) < 4.78 is 0. The molecular weight excluding hydrogens is 256 g/mol. The molecule has 112 valence electrons. The molecule has 5 nitrogen and oxygen atoms in total. The highest BCUT2D eigenvalue weighted by molar-refractivity contribution is 5.93. The van der Waals surface area contributed by atoms with Crippen LogP contribution in [0.3, 0.4) is 0 Å². The van der Waals surface area contributed by atoms with Crippen molar-refractivity contribution in [3.05, 3.63) is 23.8 Å². The number of aliphatic hydroxyl groups is 2. The van der Waals surface area contributed by atoms with E-state index in [1.54, 1.807) is 0 Å². The number of hydrogen-bond acceptors (Lipinski definition) is 4. The first-order valence-corrected chi connectivity index (χ1v) is 6.92. The minimum Gasteiger partial charge on any atom is -0.394 e. The van der Waals surface area contributed by atoms with Gasteiger partial charge in [-0.3, -0.25) is 4.79 Å². The van der Waals surface area contributed by atoms with Gasteiger partial charge >= 0.3 is 0 Å². The van der Waals surface area contributed by atoms with Crippen LogP contribution in [0.1, 0.15) is 25.8 Å². The second-order valence-electron chi connectivity index (χ2n) is 4.99. The lowest BCUT2D eigenvalue weighted by Gasteiger charge is -2.17. The Morgan fingerprint density at radius 2 is 2.00 bits per heavy atom. The third kappa shape index (κ3) is 4.51. The lowest BCUT2D eigenvalue weighted by atomic mass is 10.1. The van der Waals surface area contributed by atoms with Crippen LogP contribution in [0.2, 0.25) is 0 Å². The van der Waals surface area contributed by atoms with Gasteiger partial charge in [-0.05, 0) is 31.0 Å². The molecule has 1 amide bonds. The normalized spacial score (nSPS) is 13.7. The third-order valence-electron chi connectivity index (χ3n) is 3.39. The maximum absolute atomic E-state index is 11.9. The summed E-state index contributed by atoms with van der Waals surface area (Å²) in [5.41, 5.74) is 2.51. The van der Waals surface area contributed by atoms with Gasteiger partial charge in [0.15, 0.2) is 0 Å². The Balaban J connectivity index is 2.76. The van der Waals surface area contributed by atoms with Crippen molar-refractivity contribution in [2.24, 2.45) is 5.92 Å². The first kappa shape index (κ1) is 16.5. The summed E-state index contributed by atoms with van der Waals surface area (Å²) in [7, 11) is 0. The highest BCUT2D eigenvalue weighted by Gasteiger charge is 2.13. The highest BCUT2D eigenvalue weighted by atomic mass is 16.3. The van der Waals surface area contributed by atoms with Crippen molar-refractivity contribution >= 4 is 17.3 Å². The van der Waals surface area contributed by atoms with Gasteiger partial charge in [0.25, 0.3) is 0 Å². The number of amides is 1. The quantitative estimate of drug-likeness (QED) is 0.613. The number of benzene rings is 1. The van der Waals surface area contributed by atoms with Crippen molar-refractivity contribution < 1.29 is 15.0 Å². The molecule has 0 radical (unpaired) electrons. The molecule has 20 heavy (non-hydrogen) atoms. The van der Waals surface area contributed by atoms with Gasteiger partial charge in [0.1, 0.15) is 0 Å². The molecule has 0 aliphatic heterocycles. The number of nitrogens with one attached hydrogen (secondary N) is 2. The molecule has 1 aromatic carbocycles. The van der Waals surface area contributed by atoms with Crippen LogP contribution in [-0.2, 0) is 4.79 Å². The Morgan fingerprint density at radius 3 is 2.60 bits per heavy atom. The number of carbonyl (C=O) groups excluding carboxylic acids is 1. The van der Waals surface area contributed by atoms with E-state index in [-0.39, 0.29) is 25.0 Å². The number of anilines is 2. The number of aliphatic hydroxyl groups excluding tert-OH is 2. The molecular formula is C15H24N2O3. The van der Waals surface area contributed by atoms with Gasteiger partial charge in [0, 0.05) is 23.8 Å². The predicted octanol–water partition coefficient (Wildman–Crippen LogP) is 1.74. The van der Waals surface area contributed by atoms with Crippen LogP contribution in [0.4, 0.5) is 11.4 Å². The lowest BCUT2D eigenvalue weighted by molar-refractivity contribution is -0.119. The summed E-state index contributed by atoms with van der Waals surface area (Å²) in [6.45, 7) is 5.76. The van der Waals surface area contributed by atoms with E-state index in [1.807, 2.05) is 39.0 Å². The molecule has 0 saturated heterocycles. The summed E-state index contributed by atoms with van der Waals surface area (Å²) in [6, 6.07) is 5.56. The maximum atomic E-state index is 11.9. The summed E-state index contributed by atoms with van der Waals surface area (Å²) in [6.07, 6.45) is -0.00123. The molecule has 0 bridgehead atoms. The summed E-state index contributed by atoms with van der Waals surface area (Å²) in [5, 5.41) is 24.1. The first-order chi connectivity index (χ1) is 9.49. The molecule has 0 fully saturated rings. The Hall–Kier alpha value is -1.59. The number of rotatable bonds is 7. The Bertz CT molecular complexity index is 449. The SMILES string of the molecule is CCC(C)C(=O)Nc1cccc(NCC(O)CO)c1C. The average molecular weight is 280 g/mol. The number of carbonyl (C=O) groups is 1. The largest absolute Gasteiger partial charge is 0.394 e. The van der Waals surface area contributed by atoms with Crippen molar-refractivity contribution in [3.63, 3.8) is 0 Å². The average Bonchev–Trinajstić information content (AvgIpc) is 2.46. The molecule has 0 spiro atoms. The molecule has 0 aromatic heterocycles. The van der Waals surface area contributed by atoms with E-state index in [0.717, 1.165) is 23.4 Å². The van der Waals surface area contributed by atoms with Gasteiger partial charge in [-0.1, -0.05) is 19.9 Å². The van der Waals surface area contributed by atoms with E-state index in [9.17, 15) is 9.90 Å². The Kier molecular flexibility index (Phi) is 6.48. The molecule has 1 rings (SSSR count). The minimum absolute atomic E-state index is 0.00291. The topological polar surface area (TPSA) is 81.6 Å². The zero-order valence-corrected chi connectivity index (χ0v) is 12.3. The monoisotopic (exact) mass is 280 g/mol. The van der Waals surface area contributed by atoms with Gasteiger partial charge in [-0.15, -0.1) is 0 Å². The van der Waals surface area contributed by atoms with E-state index < -0.39 is 6.10 Å². The van der Waals surface area contributed by atoms with E-state index in [2.05, 4.69) is 10.6 Å². The van der Waals surface area contributed by atoms with Gasteiger partial charge in [0.05, 0.1) is 12.7 Å². The van der Waals surface area contributed by atoms with Gasteiger partial charge in [-0.25, -0.2) is 0 Å². The molecule has 2 unspecified atom stereocenters. The molecule has 0 aliphatic carbocycles. The lowest BCUT2D eigenvalue weighted by Crippen LogP contribution is -2.24. The van der Waals surface area contributed by atoms with E-state index in [1.165, 1.54) is 0 Å². The molecule has 5 heteroatoms. The maximum Gasteiger partial charge on any atom is 0.227 e. The van der Waals surface area contributed by atoms with Crippen molar-refractivity contribution in [3.8, 4) is 0 Å². The van der Waals surface area contributed by atoms with Crippen LogP contribution in [0.15, 0.2) is 18.2 Å².